The highest BCUT2D eigenvalue weighted by atomic mass is 16.5. The SMILES string of the molecule is COc1cccc(CC(=O)C2(C)CCCNC2)c1. The van der Waals surface area contributed by atoms with Gasteiger partial charge >= 0.3 is 0 Å². The predicted octanol–water partition coefficient (Wildman–Crippen LogP) is 2.20. The van der Waals surface area contributed by atoms with Crippen LogP contribution in [-0.2, 0) is 11.2 Å². The fraction of sp³-hybridized carbons (Fsp3) is 0.533. The molecule has 3 heteroatoms. The van der Waals surface area contributed by atoms with Gasteiger partial charge in [0, 0.05) is 18.4 Å². The smallest absolute Gasteiger partial charge is 0.144 e. The van der Waals surface area contributed by atoms with Crippen LogP contribution in [0.3, 0.4) is 0 Å². The number of hydrogen-bond donors (Lipinski definition) is 1. The molecule has 3 nitrogen and oxygen atoms in total. The number of nitrogens with one attached hydrogen (secondary N) is 1. The van der Waals surface area contributed by atoms with Crippen LogP contribution in [0.1, 0.15) is 25.3 Å². The molecule has 1 aliphatic heterocycles. The zero-order valence-corrected chi connectivity index (χ0v) is 11.2. The molecular formula is C15H21NO2. The summed E-state index contributed by atoms with van der Waals surface area (Å²) in [7, 11) is 1.65. The highest BCUT2D eigenvalue weighted by Crippen LogP contribution is 2.28. The van der Waals surface area contributed by atoms with Gasteiger partial charge in [-0.25, -0.2) is 0 Å². The van der Waals surface area contributed by atoms with Gasteiger partial charge in [0.05, 0.1) is 7.11 Å². The number of ketones is 1. The predicted molar refractivity (Wildman–Crippen MR) is 71.9 cm³/mol. The second-order valence-corrected chi connectivity index (χ2v) is 5.29. The van der Waals surface area contributed by atoms with Gasteiger partial charge in [-0.05, 0) is 37.1 Å². The number of carbonyl (C=O) groups is 1. The zero-order valence-electron chi connectivity index (χ0n) is 11.2. The van der Waals surface area contributed by atoms with Gasteiger partial charge in [0.25, 0.3) is 0 Å². The van der Waals surface area contributed by atoms with E-state index >= 15 is 0 Å². The molecule has 1 aliphatic rings. The Morgan fingerprint density at radius 3 is 3.00 bits per heavy atom. The minimum Gasteiger partial charge on any atom is -0.497 e. The Morgan fingerprint density at radius 1 is 1.50 bits per heavy atom. The molecule has 1 N–H and O–H groups in total. The Bertz CT molecular complexity index is 422. The van der Waals surface area contributed by atoms with Crippen molar-refractivity contribution < 1.29 is 9.53 Å². The maximum atomic E-state index is 12.4. The monoisotopic (exact) mass is 247 g/mol. The molecule has 98 valence electrons. The number of carbonyl (C=O) groups excluding carboxylic acids is 1. The molecule has 1 atom stereocenters. The highest BCUT2D eigenvalue weighted by molar-refractivity contribution is 5.86. The summed E-state index contributed by atoms with van der Waals surface area (Å²) in [6.07, 6.45) is 2.57. The van der Waals surface area contributed by atoms with Crippen molar-refractivity contribution in [3.8, 4) is 5.75 Å². The first-order chi connectivity index (χ1) is 8.64. The van der Waals surface area contributed by atoms with Crippen LogP contribution in [0, 0.1) is 5.41 Å². The summed E-state index contributed by atoms with van der Waals surface area (Å²) in [6.45, 7) is 3.90. The van der Waals surface area contributed by atoms with Crippen molar-refractivity contribution in [3.63, 3.8) is 0 Å². The van der Waals surface area contributed by atoms with E-state index in [1.54, 1.807) is 7.11 Å². The molecule has 1 heterocycles. The van der Waals surface area contributed by atoms with Crippen LogP contribution in [0.4, 0.5) is 0 Å². The standard InChI is InChI=1S/C15H21NO2/c1-15(7-4-8-16-11-15)14(17)10-12-5-3-6-13(9-12)18-2/h3,5-6,9,16H,4,7-8,10-11H2,1-2H3. The van der Waals surface area contributed by atoms with E-state index in [0.717, 1.165) is 37.2 Å². The average molecular weight is 247 g/mol. The molecule has 1 aromatic rings. The second kappa shape index (κ2) is 5.53. The van der Waals surface area contributed by atoms with Crippen molar-refractivity contribution in [2.75, 3.05) is 20.2 Å². The molecule has 2 rings (SSSR count). The van der Waals surface area contributed by atoms with Crippen LogP contribution < -0.4 is 10.1 Å². The van der Waals surface area contributed by atoms with Gasteiger partial charge in [-0.15, -0.1) is 0 Å². The van der Waals surface area contributed by atoms with Crippen molar-refractivity contribution in [2.45, 2.75) is 26.2 Å². The van der Waals surface area contributed by atoms with Gasteiger partial charge < -0.3 is 10.1 Å². The summed E-state index contributed by atoms with van der Waals surface area (Å²) < 4.78 is 5.18. The number of rotatable bonds is 4. The Kier molecular flexibility index (Phi) is 4.02. The minimum atomic E-state index is -0.207. The number of piperidine rings is 1. The Hall–Kier alpha value is -1.35. The largest absolute Gasteiger partial charge is 0.497 e. The minimum absolute atomic E-state index is 0.207. The Morgan fingerprint density at radius 2 is 2.33 bits per heavy atom. The summed E-state index contributed by atoms with van der Waals surface area (Å²) in [4.78, 5) is 12.4. The topological polar surface area (TPSA) is 38.3 Å². The summed E-state index contributed by atoms with van der Waals surface area (Å²) in [5.41, 5.74) is 0.826. The number of hydrogen-bond acceptors (Lipinski definition) is 3. The average Bonchev–Trinajstić information content (AvgIpc) is 2.40. The van der Waals surface area contributed by atoms with Gasteiger partial charge in [0.2, 0.25) is 0 Å². The quantitative estimate of drug-likeness (QED) is 0.886. The molecule has 0 amide bonds. The first-order valence-electron chi connectivity index (χ1n) is 6.51. The van der Waals surface area contributed by atoms with Crippen LogP contribution in [0.25, 0.3) is 0 Å². The third-order valence-corrected chi connectivity index (χ3v) is 3.77. The van der Waals surface area contributed by atoms with Crippen LogP contribution in [0.2, 0.25) is 0 Å². The van der Waals surface area contributed by atoms with E-state index in [2.05, 4.69) is 12.2 Å². The second-order valence-electron chi connectivity index (χ2n) is 5.29. The lowest BCUT2D eigenvalue weighted by Gasteiger charge is -2.32. The Balaban J connectivity index is 2.05. The number of benzene rings is 1. The lowest BCUT2D eigenvalue weighted by Crippen LogP contribution is -2.44. The Labute approximate surface area is 109 Å². The molecule has 1 unspecified atom stereocenters. The fourth-order valence-corrected chi connectivity index (χ4v) is 2.48. The molecule has 0 aromatic heterocycles. The molecule has 0 bridgehead atoms. The molecule has 0 aliphatic carbocycles. The van der Waals surface area contributed by atoms with E-state index in [-0.39, 0.29) is 5.41 Å². The summed E-state index contributed by atoms with van der Waals surface area (Å²) >= 11 is 0. The van der Waals surface area contributed by atoms with E-state index in [9.17, 15) is 4.79 Å². The van der Waals surface area contributed by atoms with Crippen molar-refractivity contribution in [1.29, 1.82) is 0 Å². The molecular weight excluding hydrogens is 226 g/mol. The lowest BCUT2D eigenvalue weighted by atomic mass is 9.77. The van der Waals surface area contributed by atoms with Gasteiger partial charge in [-0.1, -0.05) is 19.1 Å². The number of ether oxygens (including phenoxy) is 1. The molecule has 0 spiro atoms. The van der Waals surface area contributed by atoms with Crippen LogP contribution in [0.5, 0.6) is 5.75 Å². The number of Topliss-reactive ketones (excluding diaryl/α,β-unsaturated/α-hetero) is 1. The van der Waals surface area contributed by atoms with Crippen molar-refractivity contribution in [1.82, 2.24) is 5.32 Å². The first-order valence-corrected chi connectivity index (χ1v) is 6.51. The van der Waals surface area contributed by atoms with Gasteiger partial charge in [-0.2, -0.15) is 0 Å². The molecule has 18 heavy (non-hydrogen) atoms. The van der Waals surface area contributed by atoms with Gasteiger partial charge in [-0.3, -0.25) is 4.79 Å². The zero-order chi connectivity index (χ0) is 13.0. The van der Waals surface area contributed by atoms with Crippen LogP contribution in [-0.4, -0.2) is 26.0 Å². The molecule has 0 saturated carbocycles. The van der Waals surface area contributed by atoms with Crippen molar-refractivity contribution in [2.24, 2.45) is 5.41 Å². The van der Waals surface area contributed by atoms with E-state index in [0.29, 0.717) is 12.2 Å². The summed E-state index contributed by atoms with van der Waals surface area (Å²) in [6, 6.07) is 7.76. The van der Waals surface area contributed by atoms with E-state index in [1.807, 2.05) is 24.3 Å². The third kappa shape index (κ3) is 2.91. The van der Waals surface area contributed by atoms with E-state index < -0.39 is 0 Å². The maximum absolute atomic E-state index is 12.4. The summed E-state index contributed by atoms with van der Waals surface area (Å²) in [5.74, 6) is 1.13. The van der Waals surface area contributed by atoms with Crippen molar-refractivity contribution >= 4 is 5.78 Å². The third-order valence-electron chi connectivity index (χ3n) is 3.77. The number of methoxy groups -OCH3 is 1. The van der Waals surface area contributed by atoms with Crippen LogP contribution >= 0.6 is 0 Å². The summed E-state index contributed by atoms with van der Waals surface area (Å²) in [5, 5.41) is 3.32. The molecule has 1 fully saturated rings. The van der Waals surface area contributed by atoms with Crippen molar-refractivity contribution in [3.05, 3.63) is 29.8 Å². The lowest BCUT2D eigenvalue weighted by molar-refractivity contribution is -0.128. The molecule has 1 saturated heterocycles. The van der Waals surface area contributed by atoms with Crippen LogP contribution in [0.15, 0.2) is 24.3 Å². The highest BCUT2D eigenvalue weighted by Gasteiger charge is 2.33. The molecule has 1 aromatic carbocycles. The normalized spacial score (nSPS) is 23.7. The van der Waals surface area contributed by atoms with E-state index in [1.165, 1.54) is 0 Å². The van der Waals surface area contributed by atoms with Gasteiger partial charge in [0.1, 0.15) is 11.5 Å². The fourth-order valence-electron chi connectivity index (χ4n) is 2.48. The molecule has 0 radical (unpaired) electrons. The van der Waals surface area contributed by atoms with Gasteiger partial charge in [0.15, 0.2) is 0 Å². The van der Waals surface area contributed by atoms with E-state index in [4.69, 9.17) is 4.74 Å². The first kappa shape index (κ1) is 13.1. The maximum Gasteiger partial charge on any atom is 0.144 e.